The van der Waals surface area contributed by atoms with E-state index < -0.39 is 0 Å². The van der Waals surface area contributed by atoms with Gasteiger partial charge in [0.2, 0.25) is 0 Å². The van der Waals surface area contributed by atoms with Crippen molar-refractivity contribution in [3.05, 3.63) is 34.9 Å². The van der Waals surface area contributed by atoms with E-state index in [4.69, 9.17) is 17.3 Å². The molecule has 112 valence electrons. The molecule has 1 saturated carbocycles. The number of nitrogens with two attached hydrogens (primary N) is 1. The Hall–Kier alpha value is -0.610. The van der Waals surface area contributed by atoms with Gasteiger partial charge in [-0.3, -0.25) is 4.90 Å². The third-order valence-corrected chi connectivity index (χ3v) is 4.62. The van der Waals surface area contributed by atoms with Crippen LogP contribution in [0.2, 0.25) is 5.02 Å². The van der Waals surface area contributed by atoms with Gasteiger partial charge >= 0.3 is 0 Å². The molecule has 4 atom stereocenters. The van der Waals surface area contributed by atoms with Crippen molar-refractivity contribution in [3.8, 4) is 0 Å². The summed E-state index contributed by atoms with van der Waals surface area (Å²) in [6, 6.07) is 8.15. The fraction of sp³-hybridized carbons (Fsp3) is 0.625. The normalized spacial score (nSPS) is 26.5. The van der Waals surface area contributed by atoms with Crippen molar-refractivity contribution >= 4 is 11.6 Å². The molecule has 0 radical (unpaired) electrons. The van der Waals surface area contributed by atoms with Gasteiger partial charge in [-0.2, -0.15) is 0 Å². The minimum absolute atomic E-state index is 0.00435. The average Bonchev–Trinajstić information content (AvgIpc) is 2.41. The maximum atomic E-state index is 10.3. The minimum atomic E-state index is -0.248. The van der Waals surface area contributed by atoms with Crippen LogP contribution in [0.5, 0.6) is 0 Å². The largest absolute Gasteiger partial charge is 0.391 e. The molecule has 0 aliphatic heterocycles. The Morgan fingerprint density at radius 2 is 1.85 bits per heavy atom. The summed E-state index contributed by atoms with van der Waals surface area (Å²) in [7, 11) is 2.07. The maximum absolute atomic E-state index is 10.3. The van der Waals surface area contributed by atoms with E-state index in [-0.39, 0.29) is 24.2 Å². The Morgan fingerprint density at radius 1 is 1.25 bits per heavy atom. The van der Waals surface area contributed by atoms with Crippen LogP contribution in [-0.4, -0.2) is 35.2 Å². The first-order valence-corrected chi connectivity index (χ1v) is 7.79. The number of halogens is 1. The average molecular weight is 297 g/mol. The summed E-state index contributed by atoms with van der Waals surface area (Å²) in [6.07, 6.45) is 3.98. The van der Waals surface area contributed by atoms with E-state index in [1.54, 1.807) is 0 Å². The van der Waals surface area contributed by atoms with E-state index in [9.17, 15) is 5.11 Å². The van der Waals surface area contributed by atoms with E-state index >= 15 is 0 Å². The van der Waals surface area contributed by atoms with Gasteiger partial charge in [0.1, 0.15) is 0 Å². The number of hydrogen-bond acceptors (Lipinski definition) is 3. The lowest BCUT2D eigenvalue weighted by molar-refractivity contribution is 0.00791. The first kappa shape index (κ1) is 15.8. The Balaban J connectivity index is 2.21. The Labute approximate surface area is 126 Å². The molecule has 4 heteroatoms. The highest BCUT2D eigenvalue weighted by Crippen LogP contribution is 2.31. The molecule has 1 aromatic carbocycles. The van der Waals surface area contributed by atoms with Crippen LogP contribution < -0.4 is 5.73 Å². The van der Waals surface area contributed by atoms with Crippen LogP contribution in [-0.2, 0) is 0 Å². The highest BCUT2D eigenvalue weighted by molar-refractivity contribution is 6.30. The summed E-state index contributed by atoms with van der Waals surface area (Å²) in [4.78, 5) is 2.25. The van der Waals surface area contributed by atoms with Crippen molar-refractivity contribution in [2.75, 3.05) is 7.05 Å². The van der Waals surface area contributed by atoms with Gasteiger partial charge in [0.15, 0.2) is 0 Å². The summed E-state index contributed by atoms with van der Waals surface area (Å²) < 4.78 is 0. The zero-order valence-corrected chi connectivity index (χ0v) is 13.1. The zero-order valence-electron chi connectivity index (χ0n) is 12.3. The maximum Gasteiger partial charge on any atom is 0.0695 e. The molecule has 0 saturated heterocycles. The van der Waals surface area contributed by atoms with Crippen LogP contribution in [0.15, 0.2) is 24.3 Å². The third kappa shape index (κ3) is 3.53. The van der Waals surface area contributed by atoms with Crippen LogP contribution >= 0.6 is 11.6 Å². The van der Waals surface area contributed by atoms with Crippen LogP contribution in [0.25, 0.3) is 0 Å². The molecule has 1 aliphatic rings. The minimum Gasteiger partial charge on any atom is -0.391 e. The van der Waals surface area contributed by atoms with Gasteiger partial charge in [-0.1, -0.05) is 36.6 Å². The summed E-state index contributed by atoms with van der Waals surface area (Å²) in [5.74, 6) is 0. The van der Waals surface area contributed by atoms with E-state index in [1.807, 2.05) is 31.2 Å². The molecular weight excluding hydrogens is 272 g/mol. The molecule has 1 fully saturated rings. The molecule has 2 rings (SSSR count). The fourth-order valence-corrected chi connectivity index (χ4v) is 3.47. The molecule has 0 aromatic heterocycles. The predicted molar refractivity (Wildman–Crippen MR) is 83.9 cm³/mol. The first-order chi connectivity index (χ1) is 9.50. The Bertz CT molecular complexity index is 421. The number of rotatable bonds is 4. The molecule has 3 nitrogen and oxygen atoms in total. The molecule has 0 spiro atoms. The van der Waals surface area contributed by atoms with Crippen molar-refractivity contribution in [2.45, 2.75) is 56.8 Å². The van der Waals surface area contributed by atoms with E-state index in [2.05, 4.69) is 11.9 Å². The van der Waals surface area contributed by atoms with E-state index in [1.165, 1.54) is 6.42 Å². The summed E-state index contributed by atoms with van der Waals surface area (Å²) >= 11 is 5.96. The second-order valence-corrected chi connectivity index (χ2v) is 6.38. The van der Waals surface area contributed by atoms with E-state index in [0.29, 0.717) is 0 Å². The number of benzene rings is 1. The van der Waals surface area contributed by atoms with Crippen molar-refractivity contribution in [1.82, 2.24) is 4.90 Å². The van der Waals surface area contributed by atoms with Crippen LogP contribution in [0.3, 0.4) is 0 Å². The number of aliphatic hydroxyl groups excluding tert-OH is 1. The van der Waals surface area contributed by atoms with Crippen molar-refractivity contribution in [3.63, 3.8) is 0 Å². The van der Waals surface area contributed by atoms with Gasteiger partial charge in [0.25, 0.3) is 0 Å². The zero-order chi connectivity index (χ0) is 14.7. The first-order valence-electron chi connectivity index (χ1n) is 7.41. The van der Waals surface area contributed by atoms with Gasteiger partial charge in [-0.25, -0.2) is 0 Å². The number of hydrogen-bond donors (Lipinski definition) is 2. The molecule has 1 aliphatic carbocycles. The smallest absolute Gasteiger partial charge is 0.0695 e. The summed E-state index contributed by atoms with van der Waals surface area (Å²) in [5.41, 5.74) is 7.36. The van der Waals surface area contributed by atoms with Crippen LogP contribution in [0.1, 0.15) is 44.2 Å². The predicted octanol–water partition coefficient (Wildman–Crippen LogP) is 2.96. The lowest BCUT2D eigenvalue weighted by atomic mass is 9.88. The Morgan fingerprint density at radius 3 is 2.40 bits per heavy atom. The molecule has 3 N–H and O–H groups in total. The monoisotopic (exact) mass is 296 g/mol. The molecule has 4 unspecified atom stereocenters. The second-order valence-electron chi connectivity index (χ2n) is 5.94. The molecule has 20 heavy (non-hydrogen) atoms. The second kappa shape index (κ2) is 6.90. The van der Waals surface area contributed by atoms with E-state index in [0.717, 1.165) is 29.8 Å². The lowest BCUT2D eigenvalue weighted by Crippen LogP contribution is -2.49. The summed E-state index contributed by atoms with van der Waals surface area (Å²) in [6.45, 7) is 2.02. The highest BCUT2D eigenvalue weighted by Gasteiger charge is 2.32. The third-order valence-electron chi connectivity index (χ3n) is 4.37. The van der Waals surface area contributed by atoms with Crippen molar-refractivity contribution in [2.24, 2.45) is 5.73 Å². The van der Waals surface area contributed by atoms with Crippen molar-refractivity contribution < 1.29 is 5.11 Å². The van der Waals surface area contributed by atoms with Gasteiger partial charge < -0.3 is 10.8 Å². The van der Waals surface area contributed by atoms with Gasteiger partial charge in [-0.05, 0) is 44.5 Å². The molecule has 0 bridgehead atoms. The molecule has 0 heterocycles. The van der Waals surface area contributed by atoms with Crippen LogP contribution in [0.4, 0.5) is 0 Å². The SMILES string of the molecule is CC(N)C(c1ccc(Cl)cc1)N(C)C1CCCCC1O. The molecule has 0 amide bonds. The number of aliphatic hydroxyl groups is 1. The summed E-state index contributed by atoms with van der Waals surface area (Å²) in [5, 5.41) is 11.0. The van der Waals surface area contributed by atoms with Gasteiger partial charge in [0, 0.05) is 23.1 Å². The molecular formula is C16H25ClN2O. The fourth-order valence-electron chi connectivity index (χ4n) is 3.34. The van der Waals surface area contributed by atoms with Gasteiger partial charge in [0.05, 0.1) is 6.10 Å². The van der Waals surface area contributed by atoms with Crippen molar-refractivity contribution in [1.29, 1.82) is 0 Å². The van der Waals surface area contributed by atoms with Crippen LogP contribution in [0, 0.1) is 0 Å². The number of likely N-dealkylation sites (N-methyl/N-ethyl adjacent to an activating group) is 1. The van der Waals surface area contributed by atoms with Gasteiger partial charge in [-0.15, -0.1) is 0 Å². The lowest BCUT2D eigenvalue weighted by Gasteiger charge is -2.41. The highest BCUT2D eigenvalue weighted by atomic mass is 35.5. The molecule has 1 aromatic rings. The standard InChI is InChI=1S/C16H25ClN2O/c1-11(18)16(12-7-9-13(17)10-8-12)19(2)14-5-3-4-6-15(14)20/h7-11,14-16,20H,3-6,18H2,1-2H3. The Kier molecular flexibility index (Phi) is 5.44. The topological polar surface area (TPSA) is 49.5 Å². The number of nitrogens with zero attached hydrogens (tertiary/aromatic N) is 1. The quantitative estimate of drug-likeness (QED) is 0.898.